The molecule has 3 rings (SSSR count). The Morgan fingerprint density at radius 1 is 1.27 bits per heavy atom. The van der Waals surface area contributed by atoms with E-state index in [4.69, 9.17) is 0 Å². The molecule has 0 radical (unpaired) electrons. The Bertz CT molecular complexity index is 981. The van der Waals surface area contributed by atoms with Crippen molar-refractivity contribution in [2.24, 2.45) is 0 Å². The van der Waals surface area contributed by atoms with Crippen LogP contribution >= 0.6 is 0 Å². The molecule has 0 aliphatic heterocycles. The maximum atomic E-state index is 12.8. The molecule has 0 saturated carbocycles. The van der Waals surface area contributed by atoms with Gasteiger partial charge in [-0.25, -0.2) is 0 Å². The molecule has 0 fully saturated rings. The molecule has 2 aromatic rings. The van der Waals surface area contributed by atoms with Crippen molar-refractivity contribution in [3.05, 3.63) is 65.4 Å². The maximum absolute atomic E-state index is 12.8. The van der Waals surface area contributed by atoms with Crippen LogP contribution in [-0.4, -0.2) is 26.3 Å². The van der Waals surface area contributed by atoms with E-state index in [2.05, 4.69) is 5.10 Å². The zero-order chi connectivity index (χ0) is 22.1. The van der Waals surface area contributed by atoms with Crippen LogP contribution in [0.15, 0.2) is 54.1 Å². The molecule has 0 spiro atoms. The first-order chi connectivity index (χ1) is 14.0. The van der Waals surface area contributed by atoms with Gasteiger partial charge in [-0.1, -0.05) is 30.4 Å². The summed E-state index contributed by atoms with van der Waals surface area (Å²) >= 11 is 0. The fourth-order valence-electron chi connectivity index (χ4n) is 3.35. The van der Waals surface area contributed by atoms with Crippen molar-refractivity contribution >= 4 is 5.78 Å². The van der Waals surface area contributed by atoms with Crippen molar-refractivity contribution in [1.82, 2.24) is 9.78 Å². The molecule has 4 nitrogen and oxygen atoms in total. The molecule has 7 heteroatoms. The number of benzene rings is 1. The Kier molecular flexibility index (Phi) is 6.04. The summed E-state index contributed by atoms with van der Waals surface area (Å²) in [6.45, 7) is 5.61. The van der Waals surface area contributed by atoms with Gasteiger partial charge in [0.2, 0.25) is 0 Å². The lowest BCUT2D eigenvalue weighted by atomic mass is 9.91. The van der Waals surface area contributed by atoms with E-state index in [0.29, 0.717) is 29.7 Å². The van der Waals surface area contributed by atoms with Gasteiger partial charge in [0.25, 0.3) is 0 Å². The van der Waals surface area contributed by atoms with E-state index >= 15 is 0 Å². The second-order valence-electron chi connectivity index (χ2n) is 8.11. The highest BCUT2D eigenvalue weighted by Gasteiger charge is 2.30. The van der Waals surface area contributed by atoms with Crippen LogP contribution in [0.2, 0.25) is 0 Å². The van der Waals surface area contributed by atoms with E-state index in [1.807, 2.05) is 19.9 Å². The van der Waals surface area contributed by atoms with Gasteiger partial charge in [0, 0.05) is 29.3 Å². The number of hydrogen-bond donors (Lipinski definition) is 1. The molecule has 1 N–H and O–H groups in total. The van der Waals surface area contributed by atoms with E-state index in [9.17, 15) is 23.1 Å². The summed E-state index contributed by atoms with van der Waals surface area (Å²) in [5, 5.41) is 14.5. The van der Waals surface area contributed by atoms with Crippen LogP contribution in [0, 0.1) is 0 Å². The van der Waals surface area contributed by atoms with Crippen LogP contribution in [0.1, 0.15) is 50.9 Å². The smallest absolute Gasteiger partial charge is 0.386 e. The Hall–Kier alpha value is -2.67. The number of nitrogens with zero attached hydrogens (tertiary/aromatic N) is 2. The number of ketones is 1. The number of alkyl halides is 3. The number of hydrogen-bond acceptors (Lipinski definition) is 3. The Balaban J connectivity index is 1.76. The quantitative estimate of drug-likeness (QED) is 0.694. The highest BCUT2D eigenvalue weighted by Crippen LogP contribution is 2.31. The van der Waals surface area contributed by atoms with Crippen molar-refractivity contribution in [2.45, 2.75) is 57.9 Å². The van der Waals surface area contributed by atoms with Crippen LogP contribution in [0.4, 0.5) is 13.2 Å². The number of aryl methyl sites for hydroxylation is 1. The van der Waals surface area contributed by atoms with Crippen molar-refractivity contribution in [3.63, 3.8) is 0 Å². The summed E-state index contributed by atoms with van der Waals surface area (Å²) in [6, 6.07) is 6.78. The summed E-state index contributed by atoms with van der Waals surface area (Å²) in [6.07, 6.45) is 1.79. The monoisotopic (exact) mass is 418 g/mol. The lowest BCUT2D eigenvalue weighted by Crippen LogP contribution is -2.22. The topological polar surface area (TPSA) is 55.1 Å². The van der Waals surface area contributed by atoms with Crippen molar-refractivity contribution in [1.29, 1.82) is 0 Å². The van der Waals surface area contributed by atoms with Gasteiger partial charge in [0.05, 0.1) is 16.9 Å². The van der Waals surface area contributed by atoms with Crippen LogP contribution in [0.3, 0.4) is 0 Å². The fraction of sp³-hybridized carbons (Fsp3) is 0.391. The average molecular weight is 418 g/mol. The number of allylic oxidation sites excluding steroid dienone is 2. The third-order valence-corrected chi connectivity index (χ3v) is 5.10. The first kappa shape index (κ1) is 22.0. The molecule has 1 aliphatic carbocycles. The summed E-state index contributed by atoms with van der Waals surface area (Å²) in [7, 11) is 0. The molecule has 0 saturated heterocycles. The van der Waals surface area contributed by atoms with Gasteiger partial charge in [-0.3, -0.25) is 9.48 Å². The van der Waals surface area contributed by atoms with Crippen LogP contribution in [0.25, 0.3) is 11.3 Å². The second-order valence-corrected chi connectivity index (χ2v) is 8.11. The summed E-state index contributed by atoms with van der Waals surface area (Å²) in [4.78, 5) is 12.5. The number of rotatable bonds is 6. The van der Waals surface area contributed by atoms with E-state index in [-0.39, 0.29) is 18.2 Å². The highest BCUT2D eigenvalue weighted by atomic mass is 19.4. The molecule has 1 heterocycles. The second kappa shape index (κ2) is 8.22. The van der Waals surface area contributed by atoms with Gasteiger partial charge in [-0.2, -0.15) is 18.3 Å². The molecule has 1 aliphatic rings. The Labute approximate surface area is 173 Å². The Morgan fingerprint density at radius 2 is 1.93 bits per heavy atom. The van der Waals surface area contributed by atoms with E-state index in [0.717, 1.165) is 17.8 Å². The molecular weight excluding hydrogens is 393 g/mol. The lowest BCUT2D eigenvalue weighted by Gasteiger charge is -2.21. The molecule has 0 bridgehead atoms. The number of halogens is 3. The van der Waals surface area contributed by atoms with Crippen molar-refractivity contribution < 1.29 is 23.1 Å². The average Bonchev–Trinajstić information content (AvgIpc) is 3.10. The zero-order valence-electron chi connectivity index (χ0n) is 17.2. The zero-order valence-corrected chi connectivity index (χ0v) is 17.2. The van der Waals surface area contributed by atoms with Crippen molar-refractivity contribution in [2.75, 3.05) is 0 Å². The predicted molar refractivity (Wildman–Crippen MR) is 109 cm³/mol. The molecular formula is C23H25F3N2O2. The molecule has 1 aromatic carbocycles. The lowest BCUT2D eigenvalue weighted by molar-refractivity contribution is -0.137. The van der Waals surface area contributed by atoms with Gasteiger partial charge in [0.15, 0.2) is 5.78 Å². The largest absolute Gasteiger partial charge is 0.416 e. The van der Waals surface area contributed by atoms with Gasteiger partial charge in [-0.05, 0) is 51.8 Å². The highest BCUT2D eigenvalue weighted by molar-refractivity contribution is 5.98. The van der Waals surface area contributed by atoms with Gasteiger partial charge in [-0.15, -0.1) is 0 Å². The van der Waals surface area contributed by atoms with Crippen LogP contribution in [0.5, 0.6) is 0 Å². The minimum atomic E-state index is -4.38. The van der Waals surface area contributed by atoms with Gasteiger partial charge >= 0.3 is 6.18 Å². The van der Waals surface area contributed by atoms with E-state index in [1.165, 1.54) is 12.1 Å². The van der Waals surface area contributed by atoms with Crippen LogP contribution < -0.4 is 0 Å². The summed E-state index contributed by atoms with van der Waals surface area (Å²) in [5.74, 6) is -0.0191. The summed E-state index contributed by atoms with van der Waals surface area (Å²) in [5.41, 5.74) is 0.980. The SMILES string of the molecule is CC(C)n1nc(-c2ccc(C(F)(F)F)cc2)cc1CCC(=O)C1=CCC(C)(O)C=C1. The minimum absolute atomic E-state index is 0.0191. The molecule has 1 atom stereocenters. The molecule has 30 heavy (non-hydrogen) atoms. The molecule has 1 unspecified atom stereocenters. The normalized spacial score (nSPS) is 19.3. The van der Waals surface area contributed by atoms with Crippen LogP contribution in [-0.2, 0) is 17.4 Å². The number of carbonyl (C=O) groups excluding carboxylic acids is 1. The number of aromatic nitrogens is 2. The first-order valence-corrected chi connectivity index (χ1v) is 9.87. The molecule has 1 aromatic heterocycles. The fourth-order valence-corrected chi connectivity index (χ4v) is 3.35. The maximum Gasteiger partial charge on any atom is 0.416 e. The summed E-state index contributed by atoms with van der Waals surface area (Å²) < 4.78 is 40.2. The van der Waals surface area contributed by atoms with E-state index in [1.54, 1.807) is 29.8 Å². The minimum Gasteiger partial charge on any atom is -0.386 e. The number of Topliss-reactive ketones (excluding diaryl/α,β-unsaturated/α-hetero) is 1. The van der Waals surface area contributed by atoms with Crippen molar-refractivity contribution in [3.8, 4) is 11.3 Å². The number of aliphatic hydroxyl groups is 1. The van der Waals surface area contributed by atoms with Gasteiger partial charge in [0.1, 0.15) is 0 Å². The Morgan fingerprint density at radius 3 is 2.47 bits per heavy atom. The molecule has 0 amide bonds. The van der Waals surface area contributed by atoms with Gasteiger partial charge < -0.3 is 5.11 Å². The number of carbonyl (C=O) groups is 1. The third kappa shape index (κ3) is 5.08. The van der Waals surface area contributed by atoms with E-state index < -0.39 is 17.3 Å². The first-order valence-electron chi connectivity index (χ1n) is 9.87. The molecule has 160 valence electrons. The predicted octanol–water partition coefficient (Wildman–Crippen LogP) is 5.29. The third-order valence-electron chi connectivity index (χ3n) is 5.10. The standard InChI is InChI=1S/C23H25F3N2O2/c1-15(2)28-19(8-9-21(29)17-10-12-22(3,30)13-11-17)14-20(27-28)16-4-6-18(7-5-16)23(24,25)26/h4-7,10-12,14-15,30H,8-9,13H2,1-3H3.